The molecule has 0 saturated heterocycles. The van der Waals surface area contributed by atoms with Crippen LogP contribution in [-0.2, 0) is 0 Å². The molecule has 0 radical (unpaired) electrons. The Morgan fingerprint density at radius 2 is 1.46 bits per heavy atom. The van der Waals surface area contributed by atoms with E-state index in [1.807, 2.05) is 0 Å². The van der Waals surface area contributed by atoms with E-state index in [9.17, 15) is 5.21 Å². The van der Waals surface area contributed by atoms with Crippen LogP contribution in [-0.4, -0.2) is 21.3 Å². The molecule has 5 heteroatoms. The van der Waals surface area contributed by atoms with Crippen LogP contribution in [0.25, 0.3) is 0 Å². The predicted octanol–water partition coefficient (Wildman–Crippen LogP) is 0.346. The Hall–Kier alpha value is -1.65. The van der Waals surface area contributed by atoms with E-state index in [0.717, 1.165) is 0 Å². The highest BCUT2D eigenvalue weighted by Gasteiger charge is 2.15. The molecule has 0 aliphatic carbocycles. The van der Waals surface area contributed by atoms with Crippen LogP contribution in [0, 0.1) is 5.21 Å². The van der Waals surface area contributed by atoms with Gasteiger partial charge in [-0.05, 0) is 0 Å². The van der Waals surface area contributed by atoms with Crippen molar-refractivity contribution >= 4 is 0 Å². The van der Waals surface area contributed by atoms with Crippen molar-refractivity contribution in [3.05, 3.63) is 17.6 Å². The van der Waals surface area contributed by atoms with E-state index in [2.05, 4.69) is 0 Å². The van der Waals surface area contributed by atoms with Crippen LogP contribution >= 0.6 is 0 Å². The van der Waals surface area contributed by atoms with Crippen LogP contribution < -0.4 is 18.9 Å². The van der Waals surface area contributed by atoms with Crippen molar-refractivity contribution in [1.29, 1.82) is 0 Å². The number of hydrogen-bond donors (Lipinski definition) is 0. The number of rotatable bonds is 3. The maximum atomic E-state index is 11.0. The number of aromatic nitrogens is 1. The molecule has 0 amide bonds. The zero-order chi connectivity index (χ0) is 9.84. The van der Waals surface area contributed by atoms with Gasteiger partial charge in [-0.25, -0.2) is 0 Å². The van der Waals surface area contributed by atoms with E-state index in [-0.39, 0.29) is 0 Å². The lowest BCUT2D eigenvalue weighted by Gasteiger charge is -2.10. The van der Waals surface area contributed by atoms with Crippen molar-refractivity contribution in [2.45, 2.75) is 0 Å². The van der Waals surface area contributed by atoms with E-state index in [1.54, 1.807) is 0 Å². The van der Waals surface area contributed by atoms with Gasteiger partial charge in [-0.2, -0.15) is 4.73 Å². The predicted molar refractivity (Wildman–Crippen MR) is 45.1 cm³/mol. The minimum atomic E-state index is 0.344. The molecule has 0 bridgehead atoms. The first-order chi connectivity index (χ1) is 6.22. The van der Waals surface area contributed by atoms with Crippen molar-refractivity contribution < 1.29 is 18.9 Å². The Bertz CT molecular complexity index is 275. The third-order valence-electron chi connectivity index (χ3n) is 1.58. The van der Waals surface area contributed by atoms with Gasteiger partial charge < -0.3 is 19.4 Å². The summed E-state index contributed by atoms with van der Waals surface area (Å²) in [7, 11) is 4.39. The van der Waals surface area contributed by atoms with Gasteiger partial charge in [-0.1, -0.05) is 0 Å². The Morgan fingerprint density at radius 1 is 1.00 bits per heavy atom. The Kier molecular flexibility index (Phi) is 2.79. The van der Waals surface area contributed by atoms with Crippen LogP contribution in [0.3, 0.4) is 0 Å². The quantitative estimate of drug-likeness (QED) is 0.503. The van der Waals surface area contributed by atoms with Gasteiger partial charge in [0, 0.05) is 0 Å². The lowest BCUT2D eigenvalue weighted by atomic mass is 10.4. The van der Waals surface area contributed by atoms with Gasteiger partial charge in [0.05, 0.1) is 21.3 Å². The third-order valence-corrected chi connectivity index (χ3v) is 1.58. The second-order valence-electron chi connectivity index (χ2n) is 2.29. The summed E-state index contributed by atoms with van der Waals surface area (Å²) in [4.78, 5) is 0. The minimum Gasteiger partial charge on any atom is -0.618 e. The summed E-state index contributed by atoms with van der Waals surface area (Å²) in [6.45, 7) is 0. The van der Waals surface area contributed by atoms with Crippen LogP contribution in [0.1, 0.15) is 0 Å². The molecule has 5 nitrogen and oxygen atoms in total. The van der Waals surface area contributed by atoms with Gasteiger partial charge in [0.2, 0.25) is 29.6 Å². The van der Waals surface area contributed by atoms with Crippen molar-refractivity contribution in [1.82, 2.24) is 0 Å². The van der Waals surface area contributed by atoms with Gasteiger partial charge in [0.25, 0.3) is 0 Å². The summed E-state index contributed by atoms with van der Waals surface area (Å²) in [6, 6.07) is 0. The monoisotopic (exact) mass is 185 g/mol. The largest absolute Gasteiger partial charge is 0.618 e. The number of hydrogen-bond acceptors (Lipinski definition) is 4. The van der Waals surface area contributed by atoms with E-state index in [0.29, 0.717) is 22.0 Å². The molecule has 0 aromatic carbocycles. The summed E-state index contributed by atoms with van der Waals surface area (Å²) in [6.07, 6.45) is 2.53. The van der Waals surface area contributed by atoms with Gasteiger partial charge >= 0.3 is 0 Å². The number of pyridine rings is 1. The molecule has 0 spiro atoms. The molecule has 0 atom stereocenters. The molecule has 0 N–H and O–H groups in total. The van der Waals surface area contributed by atoms with Crippen molar-refractivity contribution in [2.24, 2.45) is 0 Å². The Morgan fingerprint density at radius 3 is 1.77 bits per heavy atom. The zero-order valence-electron chi connectivity index (χ0n) is 7.73. The molecular weight excluding hydrogens is 174 g/mol. The average Bonchev–Trinajstić information content (AvgIpc) is 2.16. The maximum absolute atomic E-state index is 11.0. The molecule has 0 fully saturated rings. The number of methoxy groups -OCH3 is 3. The first-order valence-electron chi connectivity index (χ1n) is 3.61. The fraction of sp³-hybridized carbons (Fsp3) is 0.375. The standard InChI is InChI=1S/C8H11NO4/c1-11-6-4-9(10)5-7(12-2)8(6)13-3/h4-5H,1-3H3. The smallest absolute Gasteiger partial charge is 0.231 e. The minimum absolute atomic E-state index is 0.344. The molecule has 1 rings (SSSR count). The van der Waals surface area contributed by atoms with Crippen molar-refractivity contribution in [3.63, 3.8) is 0 Å². The van der Waals surface area contributed by atoms with Gasteiger partial charge in [-0.15, -0.1) is 0 Å². The summed E-state index contributed by atoms with van der Waals surface area (Å²) >= 11 is 0. The highest BCUT2D eigenvalue weighted by atomic mass is 16.5. The fourth-order valence-corrected chi connectivity index (χ4v) is 0.999. The van der Waals surface area contributed by atoms with E-state index < -0.39 is 0 Å². The molecule has 1 heterocycles. The molecule has 72 valence electrons. The van der Waals surface area contributed by atoms with Crippen molar-refractivity contribution in [3.8, 4) is 17.2 Å². The Balaban J connectivity index is 3.25. The number of nitrogens with zero attached hydrogens (tertiary/aromatic N) is 1. The number of ether oxygens (including phenoxy) is 3. The molecule has 0 aliphatic rings. The summed E-state index contributed by atoms with van der Waals surface area (Å²) in [5.41, 5.74) is 0. The lowest BCUT2D eigenvalue weighted by Crippen LogP contribution is -2.25. The third kappa shape index (κ3) is 1.74. The van der Waals surface area contributed by atoms with Crippen LogP contribution in [0.15, 0.2) is 12.4 Å². The fourth-order valence-electron chi connectivity index (χ4n) is 0.999. The maximum Gasteiger partial charge on any atom is 0.231 e. The molecular formula is C8H11NO4. The lowest BCUT2D eigenvalue weighted by molar-refractivity contribution is -0.606. The average molecular weight is 185 g/mol. The van der Waals surface area contributed by atoms with E-state index in [1.165, 1.54) is 33.7 Å². The highest BCUT2D eigenvalue weighted by molar-refractivity contribution is 5.46. The molecule has 0 unspecified atom stereocenters. The van der Waals surface area contributed by atoms with E-state index >= 15 is 0 Å². The molecule has 1 aromatic rings. The molecule has 13 heavy (non-hydrogen) atoms. The topological polar surface area (TPSA) is 54.6 Å². The summed E-state index contributed by atoms with van der Waals surface area (Å²) < 4.78 is 15.5. The van der Waals surface area contributed by atoms with Crippen molar-refractivity contribution in [2.75, 3.05) is 21.3 Å². The molecule has 0 aliphatic heterocycles. The summed E-state index contributed by atoms with van der Waals surface area (Å²) in [5, 5.41) is 11.0. The summed E-state index contributed by atoms with van der Waals surface area (Å²) in [5.74, 6) is 1.10. The first kappa shape index (κ1) is 9.44. The van der Waals surface area contributed by atoms with Crippen LogP contribution in [0.5, 0.6) is 17.2 Å². The SMILES string of the molecule is COc1c[n+]([O-])cc(OC)c1OC. The highest BCUT2D eigenvalue weighted by Crippen LogP contribution is 2.34. The molecule has 1 aromatic heterocycles. The first-order valence-corrected chi connectivity index (χ1v) is 3.61. The van der Waals surface area contributed by atoms with Crippen LogP contribution in [0.4, 0.5) is 0 Å². The Labute approximate surface area is 76.0 Å². The molecule has 0 saturated carbocycles. The van der Waals surface area contributed by atoms with E-state index in [4.69, 9.17) is 14.2 Å². The van der Waals surface area contributed by atoms with Crippen LogP contribution in [0.2, 0.25) is 0 Å². The van der Waals surface area contributed by atoms with Gasteiger partial charge in [-0.3, -0.25) is 0 Å². The second kappa shape index (κ2) is 3.84. The van der Waals surface area contributed by atoms with Gasteiger partial charge in [0.1, 0.15) is 0 Å². The zero-order valence-corrected chi connectivity index (χ0v) is 7.73. The second-order valence-corrected chi connectivity index (χ2v) is 2.29. The van der Waals surface area contributed by atoms with Gasteiger partial charge in [0.15, 0.2) is 0 Å². The normalized spacial score (nSPS) is 9.46.